The van der Waals surface area contributed by atoms with Crippen LogP contribution in [0.1, 0.15) is 30.5 Å². The van der Waals surface area contributed by atoms with E-state index in [0.717, 1.165) is 16.7 Å². The number of carboxylic acid groups (broad SMARTS) is 1. The first-order valence-electron chi connectivity index (χ1n) is 5.76. The number of halogens is 1. The molecular formula is C14H19ClO3. The van der Waals surface area contributed by atoms with Gasteiger partial charge in [-0.25, -0.2) is 0 Å². The molecule has 1 aromatic carbocycles. The zero-order valence-corrected chi connectivity index (χ0v) is 12.2. The molecule has 1 aromatic rings. The Bertz CT molecular complexity index is 478. The van der Waals surface area contributed by atoms with E-state index in [1.54, 1.807) is 21.0 Å². The summed E-state index contributed by atoms with van der Waals surface area (Å²) in [6.45, 7) is 7.20. The van der Waals surface area contributed by atoms with Crippen LogP contribution < -0.4 is 4.74 Å². The van der Waals surface area contributed by atoms with Crippen molar-refractivity contribution in [2.45, 2.75) is 34.1 Å². The maximum Gasteiger partial charge on any atom is 0.309 e. The van der Waals surface area contributed by atoms with Crippen LogP contribution in [0.2, 0.25) is 5.02 Å². The molecule has 1 N–H and O–H groups in total. The topological polar surface area (TPSA) is 46.5 Å². The number of hydrogen-bond acceptors (Lipinski definition) is 2. The third-order valence-corrected chi connectivity index (χ3v) is 3.59. The first-order chi connectivity index (χ1) is 8.20. The number of carboxylic acids is 1. The fourth-order valence-electron chi connectivity index (χ4n) is 1.91. The standard InChI is InChI=1S/C14H19ClO3/c1-8-6-11(15)9(2)12(18-5)10(8)7-14(3,4)13(16)17/h6H,7H2,1-5H3,(H,16,17). The monoisotopic (exact) mass is 270 g/mol. The van der Waals surface area contributed by atoms with Gasteiger partial charge < -0.3 is 9.84 Å². The van der Waals surface area contributed by atoms with Gasteiger partial charge in [-0.15, -0.1) is 0 Å². The predicted molar refractivity (Wildman–Crippen MR) is 72.6 cm³/mol. The molecule has 1 rings (SSSR count). The van der Waals surface area contributed by atoms with Gasteiger partial charge in [0.25, 0.3) is 0 Å². The van der Waals surface area contributed by atoms with Crippen LogP contribution in [0.15, 0.2) is 6.07 Å². The normalized spacial score (nSPS) is 11.4. The molecule has 0 aliphatic rings. The lowest BCUT2D eigenvalue weighted by Crippen LogP contribution is -2.27. The van der Waals surface area contributed by atoms with Crippen molar-refractivity contribution in [1.29, 1.82) is 0 Å². The van der Waals surface area contributed by atoms with Crippen molar-refractivity contribution in [3.63, 3.8) is 0 Å². The lowest BCUT2D eigenvalue weighted by Gasteiger charge is -2.23. The van der Waals surface area contributed by atoms with Crippen LogP contribution >= 0.6 is 11.6 Å². The maximum absolute atomic E-state index is 11.2. The van der Waals surface area contributed by atoms with Crippen LogP contribution in [0.4, 0.5) is 0 Å². The first kappa shape index (κ1) is 14.8. The number of methoxy groups -OCH3 is 1. The molecule has 0 aliphatic carbocycles. The van der Waals surface area contributed by atoms with Crippen LogP contribution in [0, 0.1) is 19.3 Å². The molecule has 0 unspecified atom stereocenters. The van der Waals surface area contributed by atoms with E-state index >= 15 is 0 Å². The largest absolute Gasteiger partial charge is 0.496 e. The van der Waals surface area contributed by atoms with Crippen LogP contribution in [0.25, 0.3) is 0 Å². The van der Waals surface area contributed by atoms with Crippen molar-refractivity contribution in [3.05, 3.63) is 27.8 Å². The predicted octanol–water partition coefficient (Wildman–Crippen LogP) is 3.62. The average Bonchev–Trinajstić information content (AvgIpc) is 2.26. The molecule has 0 fully saturated rings. The average molecular weight is 271 g/mol. The highest BCUT2D eigenvalue weighted by Crippen LogP contribution is 2.36. The fourth-order valence-corrected chi connectivity index (χ4v) is 2.16. The first-order valence-corrected chi connectivity index (χ1v) is 6.14. The molecule has 0 aliphatic heterocycles. The van der Waals surface area contributed by atoms with Gasteiger partial charge in [0.2, 0.25) is 0 Å². The Kier molecular flexibility index (Phi) is 4.28. The summed E-state index contributed by atoms with van der Waals surface area (Å²) in [5, 5.41) is 9.85. The number of benzene rings is 1. The lowest BCUT2D eigenvalue weighted by molar-refractivity contribution is -0.146. The van der Waals surface area contributed by atoms with Gasteiger partial charge in [0.05, 0.1) is 12.5 Å². The highest BCUT2D eigenvalue weighted by Gasteiger charge is 2.30. The number of ether oxygens (including phenoxy) is 1. The van der Waals surface area contributed by atoms with Gasteiger partial charge in [0.15, 0.2) is 0 Å². The molecule has 0 amide bonds. The molecule has 4 heteroatoms. The molecule has 0 bridgehead atoms. The van der Waals surface area contributed by atoms with Gasteiger partial charge >= 0.3 is 5.97 Å². The Balaban J connectivity index is 3.33. The molecule has 0 atom stereocenters. The molecule has 0 saturated heterocycles. The fraction of sp³-hybridized carbons (Fsp3) is 0.500. The third-order valence-electron chi connectivity index (χ3n) is 3.19. The summed E-state index contributed by atoms with van der Waals surface area (Å²) < 4.78 is 5.39. The maximum atomic E-state index is 11.2. The number of aryl methyl sites for hydroxylation is 1. The summed E-state index contributed by atoms with van der Waals surface area (Å²) in [5.74, 6) is -0.133. The zero-order valence-electron chi connectivity index (χ0n) is 11.4. The molecule has 0 spiro atoms. The Labute approximate surface area is 113 Å². The van der Waals surface area contributed by atoms with Crippen molar-refractivity contribution in [1.82, 2.24) is 0 Å². The smallest absolute Gasteiger partial charge is 0.309 e. The van der Waals surface area contributed by atoms with Gasteiger partial charge in [-0.1, -0.05) is 11.6 Å². The van der Waals surface area contributed by atoms with Crippen molar-refractivity contribution in [3.8, 4) is 5.75 Å². The molecule has 18 heavy (non-hydrogen) atoms. The minimum absolute atomic E-state index is 0.412. The minimum Gasteiger partial charge on any atom is -0.496 e. The van der Waals surface area contributed by atoms with Crippen LogP contribution in [0.3, 0.4) is 0 Å². The SMILES string of the molecule is COc1c(C)c(Cl)cc(C)c1CC(C)(C)C(=O)O. The Hall–Kier alpha value is -1.22. The quantitative estimate of drug-likeness (QED) is 0.909. The van der Waals surface area contributed by atoms with E-state index in [9.17, 15) is 9.90 Å². The van der Waals surface area contributed by atoms with E-state index in [0.29, 0.717) is 17.2 Å². The summed E-state index contributed by atoms with van der Waals surface area (Å²) in [6.07, 6.45) is 0.412. The van der Waals surface area contributed by atoms with E-state index in [4.69, 9.17) is 16.3 Å². The Morgan fingerprint density at radius 3 is 2.44 bits per heavy atom. The highest BCUT2D eigenvalue weighted by atomic mass is 35.5. The van der Waals surface area contributed by atoms with Crippen molar-refractivity contribution in [2.75, 3.05) is 7.11 Å². The molecule has 3 nitrogen and oxygen atoms in total. The molecule has 0 heterocycles. The number of rotatable bonds is 4. The summed E-state index contributed by atoms with van der Waals surface area (Å²) >= 11 is 6.11. The molecule has 100 valence electrons. The van der Waals surface area contributed by atoms with E-state index in [1.807, 2.05) is 19.9 Å². The molecular weight excluding hydrogens is 252 g/mol. The van der Waals surface area contributed by atoms with Gasteiger partial charge in [0.1, 0.15) is 5.75 Å². The Morgan fingerprint density at radius 2 is 2.00 bits per heavy atom. The van der Waals surface area contributed by atoms with Gasteiger partial charge in [-0.05, 0) is 51.3 Å². The summed E-state index contributed by atoms with van der Waals surface area (Å²) in [4.78, 5) is 11.2. The van der Waals surface area contributed by atoms with Crippen LogP contribution in [-0.4, -0.2) is 18.2 Å². The lowest BCUT2D eigenvalue weighted by atomic mass is 9.83. The van der Waals surface area contributed by atoms with Crippen LogP contribution in [-0.2, 0) is 11.2 Å². The molecule has 0 aromatic heterocycles. The molecule has 0 saturated carbocycles. The third kappa shape index (κ3) is 2.78. The van der Waals surface area contributed by atoms with Crippen LogP contribution in [0.5, 0.6) is 5.75 Å². The second kappa shape index (κ2) is 5.19. The van der Waals surface area contributed by atoms with E-state index in [2.05, 4.69) is 0 Å². The van der Waals surface area contributed by atoms with Crippen molar-refractivity contribution < 1.29 is 14.6 Å². The van der Waals surface area contributed by atoms with Crippen molar-refractivity contribution >= 4 is 17.6 Å². The van der Waals surface area contributed by atoms with Gasteiger partial charge in [-0.2, -0.15) is 0 Å². The highest BCUT2D eigenvalue weighted by molar-refractivity contribution is 6.31. The number of aliphatic carboxylic acids is 1. The summed E-state index contributed by atoms with van der Waals surface area (Å²) in [5.41, 5.74) is 1.88. The zero-order chi connectivity index (χ0) is 14.1. The van der Waals surface area contributed by atoms with Crippen molar-refractivity contribution in [2.24, 2.45) is 5.41 Å². The van der Waals surface area contributed by atoms with Gasteiger partial charge in [-0.3, -0.25) is 4.79 Å². The Morgan fingerprint density at radius 1 is 1.44 bits per heavy atom. The van der Waals surface area contributed by atoms with E-state index < -0.39 is 11.4 Å². The number of hydrogen-bond donors (Lipinski definition) is 1. The minimum atomic E-state index is -0.835. The second-order valence-corrected chi connectivity index (χ2v) is 5.59. The van der Waals surface area contributed by atoms with E-state index in [1.165, 1.54) is 0 Å². The summed E-state index contributed by atoms with van der Waals surface area (Å²) in [7, 11) is 1.58. The molecule has 0 radical (unpaired) electrons. The van der Waals surface area contributed by atoms with Gasteiger partial charge in [0, 0.05) is 10.6 Å². The summed E-state index contributed by atoms with van der Waals surface area (Å²) in [6, 6.07) is 1.85. The number of carbonyl (C=O) groups is 1. The van der Waals surface area contributed by atoms with E-state index in [-0.39, 0.29) is 0 Å². The second-order valence-electron chi connectivity index (χ2n) is 5.18.